The van der Waals surface area contributed by atoms with Gasteiger partial charge in [0, 0.05) is 18.3 Å². The number of aromatic amines is 1. The summed E-state index contributed by atoms with van der Waals surface area (Å²) >= 11 is 0. The molecule has 4 unspecified atom stereocenters. The average molecular weight is 482 g/mol. The molecule has 4 atom stereocenters. The molecule has 188 valence electrons. The number of nitrogens with zero attached hydrogens (tertiary/aromatic N) is 1. The second-order valence-corrected chi connectivity index (χ2v) is 7.92. The summed E-state index contributed by atoms with van der Waals surface area (Å²) in [5.41, 5.74) is 16.7. The molecule has 0 fully saturated rings. The van der Waals surface area contributed by atoms with Gasteiger partial charge in [-0.3, -0.25) is 24.0 Å². The van der Waals surface area contributed by atoms with Gasteiger partial charge in [-0.15, -0.1) is 0 Å². The van der Waals surface area contributed by atoms with Crippen LogP contribution in [0.25, 0.3) is 0 Å². The summed E-state index contributed by atoms with van der Waals surface area (Å²) in [5, 5.41) is 16.0. The molecule has 0 saturated heterocycles. The number of amides is 5. The summed E-state index contributed by atoms with van der Waals surface area (Å²) in [4.78, 5) is 78.6. The Morgan fingerprint density at radius 3 is 1.85 bits per heavy atom. The standard InChI is InChI=1S/C19H30N8O7/c1-8(2)15(19(33)34)27-18(32)12(5-14(22)29)26-17(31)11(4-13(21)28)25-16(30)10(20)3-9-6-23-7-24-9/h6-8,10-12,15H,3-5,20H2,1-2H3,(H2,21,28)(H2,22,29)(H,23,24)(H,25,30)(H,26,31)(H,27,32)(H,33,34). The van der Waals surface area contributed by atoms with E-state index in [1.165, 1.54) is 12.5 Å². The fourth-order valence-electron chi connectivity index (χ4n) is 2.87. The van der Waals surface area contributed by atoms with E-state index in [4.69, 9.17) is 17.2 Å². The quantitative estimate of drug-likeness (QED) is 0.129. The summed E-state index contributed by atoms with van der Waals surface area (Å²) in [7, 11) is 0. The largest absolute Gasteiger partial charge is 0.480 e. The Bertz CT molecular complexity index is 902. The van der Waals surface area contributed by atoms with Gasteiger partial charge >= 0.3 is 5.97 Å². The second kappa shape index (κ2) is 12.9. The van der Waals surface area contributed by atoms with Crippen molar-refractivity contribution < 1.29 is 33.9 Å². The normalized spacial score (nSPS) is 14.4. The van der Waals surface area contributed by atoms with Gasteiger partial charge in [0.05, 0.1) is 25.2 Å². The Morgan fingerprint density at radius 2 is 1.44 bits per heavy atom. The van der Waals surface area contributed by atoms with Crippen LogP contribution in [0.4, 0.5) is 0 Å². The molecular weight excluding hydrogens is 452 g/mol. The zero-order valence-electron chi connectivity index (χ0n) is 18.7. The van der Waals surface area contributed by atoms with Gasteiger partial charge in [-0.05, 0) is 5.92 Å². The number of imidazole rings is 1. The maximum atomic E-state index is 12.8. The topological polar surface area (TPSA) is 265 Å². The number of nitrogens with one attached hydrogen (secondary N) is 4. The van der Waals surface area contributed by atoms with Crippen LogP contribution in [0.2, 0.25) is 0 Å². The first-order chi connectivity index (χ1) is 15.8. The smallest absolute Gasteiger partial charge is 0.326 e. The highest BCUT2D eigenvalue weighted by Gasteiger charge is 2.32. The van der Waals surface area contributed by atoms with E-state index in [2.05, 4.69) is 25.9 Å². The molecule has 11 N–H and O–H groups in total. The molecule has 0 spiro atoms. The minimum atomic E-state index is -1.57. The van der Waals surface area contributed by atoms with Crippen molar-refractivity contribution in [3.63, 3.8) is 0 Å². The van der Waals surface area contributed by atoms with Crippen molar-refractivity contribution in [1.29, 1.82) is 0 Å². The molecule has 0 bridgehead atoms. The summed E-state index contributed by atoms with van der Waals surface area (Å²) in [5.74, 6) is -6.55. The lowest BCUT2D eigenvalue weighted by molar-refractivity contribution is -0.143. The van der Waals surface area contributed by atoms with Gasteiger partial charge in [0.25, 0.3) is 0 Å². The second-order valence-electron chi connectivity index (χ2n) is 7.92. The number of carbonyl (C=O) groups excluding carboxylic acids is 5. The fourth-order valence-corrected chi connectivity index (χ4v) is 2.87. The highest BCUT2D eigenvalue weighted by Crippen LogP contribution is 2.05. The number of primary amides is 2. The number of carboxylic acids is 1. The van der Waals surface area contributed by atoms with Gasteiger partial charge in [-0.1, -0.05) is 13.8 Å². The van der Waals surface area contributed by atoms with Crippen molar-refractivity contribution >= 4 is 35.5 Å². The van der Waals surface area contributed by atoms with Crippen molar-refractivity contribution in [2.45, 2.75) is 57.3 Å². The summed E-state index contributed by atoms with van der Waals surface area (Å²) in [6.07, 6.45) is 1.59. The van der Waals surface area contributed by atoms with Gasteiger partial charge in [0.2, 0.25) is 29.5 Å². The van der Waals surface area contributed by atoms with E-state index < -0.39 is 78.4 Å². The number of rotatable bonds is 14. The average Bonchev–Trinajstić information content (AvgIpc) is 3.22. The first-order valence-electron chi connectivity index (χ1n) is 10.2. The third-order valence-corrected chi connectivity index (χ3v) is 4.64. The van der Waals surface area contributed by atoms with Crippen LogP contribution in [0.1, 0.15) is 32.4 Å². The molecule has 34 heavy (non-hydrogen) atoms. The molecule has 0 aliphatic heterocycles. The number of hydrogen-bond acceptors (Lipinski definition) is 8. The highest BCUT2D eigenvalue weighted by atomic mass is 16.4. The lowest BCUT2D eigenvalue weighted by atomic mass is 10.0. The number of carboxylic acid groups (broad SMARTS) is 1. The van der Waals surface area contributed by atoms with Crippen molar-refractivity contribution in [2.24, 2.45) is 23.1 Å². The minimum Gasteiger partial charge on any atom is -0.480 e. The summed E-state index contributed by atoms with van der Waals surface area (Å²) in [6.45, 7) is 3.09. The SMILES string of the molecule is CC(C)C(NC(=O)C(CC(N)=O)NC(=O)C(CC(N)=O)NC(=O)C(N)Cc1cnc[nH]1)C(=O)O. The first kappa shape index (κ1) is 28.0. The zero-order chi connectivity index (χ0) is 26.0. The molecule has 0 aliphatic carbocycles. The third kappa shape index (κ3) is 9.23. The van der Waals surface area contributed by atoms with Crippen molar-refractivity contribution in [1.82, 2.24) is 25.9 Å². The molecule has 1 aromatic heterocycles. The maximum absolute atomic E-state index is 12.8. The third-order valence-electron chi connectivity index (χ3n) is 4.64. The molecule has 1 heterocycles. The minimum absolute atomic E-state index is 0.0508. The predicted molar refractivity (Wildman–Crippen MR) is 116 cm³/mol. The molecule has 15 heteroatoms. The van der Waals surface area contributed by atoms with Gasteiger partial charge in [-0.2, -0.15) is 0 Å². The first-order valence-corrected chi connectivity index (χ1v) is 10.2. The number of carbonyl (C=O) groups is 6. The summed E-state index contributed by atoms with van der Waals surface area (Å²) < 4.78 is 0. The summed E-state index contributed by atoms with van der Waals surface area (Å²) in [6, 6.07) is -5.52. The van der Waals surface area contributed by atoms with E-state index in [1.54, 1.807) is 13.8 Å². The van der Waals surface area contributed by atoms with Crippen molar-refractivity contribution in [2.75, 3.05) is 0 Å². The monoisotopic (exact) mass is 482 g/mol. The van der Waals surface area contributed by atoms with Gasteiger partial charge in [-0.25, -0.2) is 9.78 Å². The Balaban J connectivity index is 2.96. The van der Waals surface area contributed by atoms with Crippen LogP contribution in [-0.4, -0.2) is 74.7 Å². The molecule has 5 amide bonds. The zero-order valence-corrected chi connectivity index (χ0v) is 18.7. The molecule has 0 radical (unpaired) electrons. The Kier molecular flexibility index (Phi) is 10.6. The van der Waals surface area contributed by atoms with E-state index in [0.717, 1.165) is 0 Å². The van der Waals surface area contributed by atoms with Crippen LogP contribution < -0.4 is 33.2 Å². The number of H-pyrrole nitrogens is 1. The number of hydrogen-bond donors (Lipinski definition) is 8. The van der Waals surface area contributed by atoms with Gasteiger partial charge in [0.1, 0.15) is 18.1 Å². The lowest BCUT2D eigenvalue weighted by Gasteiger charge is -2.25. The lowest BCUT2D eigenvalue weighted by Crippen LogP contribution is -2.58. The molecule has 0 aromatic carbocycles. The number of aromatic nitrogens is 2. The van der Waals surface area contributed by atoms with Crippen molar-refractivity contribution in [3.8, 4) is 0 Å². The number of nitrogens with two attached hydrogens (primary N) is 3. The van der Waals surface area contributed by atoms with E-state index >= 15 is 0 Å². The molecule has 0 saturated carbocycles. The van der Waals surface area contributed by atoms with E-state index in [-0.39, 0.29) is 6.42 Å². The van der Waals surface area contributed by atoms with Crippen LogP contribution in [-0.2, 0) is 35.2 Å². The Morgan fingerprint density at radius 1 is 0.941 bits per heavy atom. The van der Waals surface area contributed by atoms with Crippen LogP contribution in [0.3, 0.4) is 0 Å². The fraction of sp³-hybridized carbons (Fsp3) is 0.526. The predicted octanol–water partition coefficient (Wildman–Crippen LogP) is -3.77. The molecular formula is C19H30N8O7. The molecule has 1 aromatic rings. The van der Waals surface area contributed by atoms with Gasteiger partial charge in [0.15, 0.2) is 0 Å². The van der Waals surface area contributed by atoms with Crippen LogP contribution in [0.15, 0.2) is 12.5 Å². The highest BCUT2D eigenvalue weighted by molar-refractivity contribution is 5.97. The van der Waals surface area contributed by atoms with E-state index in [9.17, 15) is 33.9 Å². The van der Waals surface area contributed by atoms with Crippen LogP contribution >= 0.6 is 0 Å². The molecule has 15 nitrogen and oxygen atoms in total. The Labute approximate surface area is 194 Å². The number of aliphatic carboxylic acids is 1. The van der Waals surface area contributed by atoms with E-state index in [1.807, 2.05) is 0 Å². The maximum Gasteiger partial charge on any atom is 0.326 e. The van der Waals surface area contributed by atoms with Crippen molar-refractivity contribution in [3.05, 3.63) is 18.2 Å². The van der Waals surface area contributed by atoms with Crippen LogP contribution in [0.5, 0.6) is 0 Å². The van der Waals surface area contributed by atoms with Gasteiger partial charge < -0.3 is 43.2 Å². The van der Waals surface area contributed by atoms with E-state index in [0.29, 0.717) is 5.69 Å². The van der Waals surface area contributed by atoms with Crippen LogP contribution in [0, 0.1) is 5.92 Å². The molecule has 0 aliphatic rings. The molecule has 1 rings (SSSR count). The Hall–Kier alpha value is -4.01.